The van der Waals surface area contributed by atoms with Crippen molar-refractivity contribution in [3.8, 4) is 0 Å². The Morgan fingerprint density at radius 3 is 2.68 bits per heavy atom. The van der Waals surface area contributed by atoms with Gasteiger partial charge in [-0.2, -0.15) is 0 Å². The number of hydrogen-bond acceptors (Lipinski definition) is 5. The van der Waals surface area contributed by atoms with Crippen LogP contribution in [0.25, 0.3) is 0 Å². The quantitative estimate of drug-likeness (QED) is 0.657. The van der Waals surface area contributed by atoms with Gasteiger partial charge < -0.3 is 5.32 Å². The van der Waals surface area contributed by atoms with E-state index >= 15 is 0 Å². The number of anilines is 1. The van der Waals surface area contributed by atoms with Crippen LogP contribution in [0.5, 0.6) is 0 Å². The summed E-state index contributed by atoms with van der Waals surface area (Å²) < 4.78 is 39.1. The van der Waals surface area contributed by atoms with Crippen molar-refractivity contribution < 1.29 is 18.0 Å². The summed E-state index contributed by atoms with van der Waals surface area (Å²) in [5.41, 5.74) is -0.741. The molecule has 22 heavy (non-hydrogen) atoms. The van der Waals surface area contributed by atoms with Gasteiger partial charge in [-0.25, -0.2) is 13.2 Å². The van der Waals surface area contributed by atoms with Crippen LogP contribution in [-0.2, 0) is 4.79 Å². The van der Waals surface area contributed by atoms with E-state index in [1.165, 1.54) is 6.92 Å². The van der Waals surface area contributed by atoms with E-state index in [2.05, 4.69) is 20.5 Å². The van der Waals surface area contributed by atoms with Gasteiger partial charge in [0.1, 0.15) is 5.69 Å². The first-order chi connectivity index (χ1) is 10.4. The van der Waals surface area contributed by atoms with E-state index in [0.29, 0.717) is 6.07 Å². The van der Waals surface area contributed by atoms with Gasteiger partial charge in [-0.1, -0.05) is 11.8 Å². The second kappa shape index (κ2) is 6.60. The molecule has 0 bridgehead atoms. The molecule has 10 heteroatoms. The molecule has 2 N–H and O–H groups in total. The number of carbonyl (C=O) groups is 1. The molecule has 1 amide bonds. The van der Waals surface area contributed by atoms with E-state index in [1.807, 2.05) is 0 Å². The third-order valence-corrected chi connectivity index (χ3v) is 3.35. The van der Waals surface area contributed by atoms with Crippen LogP contribution < -0.4 is 10.9 Å². The predicted octanol–water partition coefficient (Wildman–Crippen LogP) is 1.62. The van der Waals surface area contributed by atoms with Gasteiger partial charge in [-0.15, -0.1) is 10.2 Å². The first kappa shape index (κ1) is 16.0. The number of H-pyrrole nitrogens is 1. The van der Waals surface area contributed by atoms with Crippen LogP contribution in [0, 0.1) is 24.4 Å². The van der Waals surface area contributed by atoms with Gasteiger partial charge in [0.15, 0.2) is 22.6 Å². The molecule has 0 unspecified atom stereocenters. The molecule has 1 aromatic carbocycles. The largest absolute Gasteiger partial charge is 0.323 e. The SMILES string of the molecule is Cc1nnc(SCC(=O)Nc2ccc(F)c(F)c2F)[nH]c1=O. The minimum absolute atomic E-state index is 0.108. The number of nitrogens with one attached hydrogen (secondary N) is 2. The molecule has 1 heterocycles. The molecule has 6 nitrogen and oxygen atoms in total. The summed E-state index contributed by atoms with van der Waals surface area (Å²) in [6.45, 7) is 1.47. The van der Waals surface area contributed by atoms with Gasteiger partial charge in [0.2, 0.25) is 5.91 Å². The average molecular weight is 330 g/mol. The standard InChI is InChI=1S/C12H9F3N4O2S/c1-5-11(21)17-12(19-18-5)22-4-8(20)16-7-3-2-6(13)9(14)10(7)15/h2-3H,4H2,1H3,(H,16,20)(H,17,19,21). The number of benzene rings is 1. The van der Waals surface area contributed by atoms with Crippen molar-refractivity contribution in [2.75, 3.05) is 11.1 Å². The highest BCUT2D eigenvalue weighted by Crippen LogP contribution is 2.20. The van der Waals surface area contributed by atoms with Crippen molar-refractivity contribution in [1.29, 1.82) is 0 Å². The highest BCUT2D eigenvalue weighted by atomic mass is 32.2. The average Bonchev–Trinajstić information content (AvgIpc) is 2.49. The zero-order chi connectivity index (χ0) is 16.3. The van der Waals surface area contributed by atoms with E-state index < -0.39 is 34.6 Å². The molecule has 0 spiro atoms. The van der Waals surface area contributed by atoms with Gasteiger partial charge in [0.25, 0.3) is 5.56 Å². The fourth-order valence-corrected chi connectivity index (χ4v) is 1.99. The minimum atomic E-state index is -1.67. The number of aromatic amines is 1. The summed E-state index contributed by atoms with van der Waals surface area (Å²) in [5, 5.41) is 9.43. The Hall–Kier alpha value is -2.36. The van der Waals surface area contributed by atoms with Gasteiger partial charge in [-0.3, -0.25) is 14.6 Å². The number of carbonyl (C=O) groups excluding carboxylic acids is 1. The number of rotatable bonds is 4. The van der Waals surface area contributed by atoms with Crippen LogP contribution in [0.3, 0.4) is 0 Å². The van der Waals surface area contributed by atoms with Crippen molar-refractivity contribution in [2.24, 2.45) is 0 Å². The highest BCUT2D eigenvalue weighted by Gasteiger charge is 2.15. The molecule has 0 fully saturated rings. The topological polar surface area (TPSA) is 87.7 Å². The Kier molecular flexibility index (Phi) is 4.81. The summed E-state index contributed by atoms with van der Waals surface area (Å²) in [4.78, 5) is 25.3. The van der Waals surface area contributed by atoms with E-state index in [4.69, 9.17) is 0 Å². The summed E-state index contributed by atoms with van der Waals surface area (Å²) in [6, 6.07) is 1.61. The zero-order valence-corrected chi connectivity index (χ0v) is 11.9. The normalized spacial score (nSPS) is 10.5. The van der Waals surface area contributed by atoms with Crippen LogP contribution in [0.1, 0.15) is 5.69 Å². The third-order valence-electron chi connectivity index (χ3n) is 2.49. The maximum Gasteiger partial charge on any atom is 0.273 e. The first-order valence-electron chi connectivity index (χ1n) is 5.88. The second-order valence-corrected chi connectivity index (χ2v) is 5.07. The lowest BCUT2D eigenvalue weighted by Gasteiger charge is -2.06. The summed E-state index contributed by atoms with van der Waals surface area (Å²) in [6.07, 6.45) is 0. The molecule has 0 saturated carbocycles. The lowest BCUT2D eigenvalue weighted by atomic mass is 10.3. The van der Waals surface area contributed by atoms with Crippen molar-refractivity contribution >= 4 is 23.4 Å². The fraction of sp³-hybridized carbons (Fsp3) is 0.167. The lowest BCUT2D eigenvalue weighted by Crippen LogP contribution is -2.18. The summed E-state index contributed by atoms with van der Waals surface area (Å²) in [5.74, 6) is -5.41. The van der Waals surface area contributed by atoms with Crippen molar-refractivity contribution in [2.45, 2.75) is 12.1 Å². The Labute approximate surface area is 126 Å². The van der Waals surface area contributed by atoms with Gasteiger partial charge in [0, 0.05) is 0 Å². The Morgan fingerprint density at radius 2 is 2.00 bits per heavy atom. The number of nitrogens with zero attached hydrogens (tertiary/aromatic N) is 2. The van der Waals surface area contributed by atoms with E-state index in [9.17, 15) is 22.8 Å². The zero-order valence-electron chi connectivity index (χ0n) is 11.1. The molecule has 0 atom stereocenters. The molecule has 0 aliphatic rings. The van der Waals surface area contributed by atoms with E-state index in [0.717, 1.165) is 17.8 Å². The van der Waals surface area contributed by atoms with Crippen molar-refractivity contribution in [3.05, 3.63) is 45.6 Å². The van der Waals surface area contributed by atoms with E-state index in [-0.39, 0.29) is 16.6 Å². The van der Waals surface area contributed by atoms with Crippen molar-refractivity contribution in [3.63, 3.8) is 0 Å². The predicted molar refractivity (Wildman–Crippen MR) is 73.1 cm³/mol. The molecule has 2 rings (SSSR count). The second-order valence-electron chi connectivity index (χ2n) is 4.10. The Balaban J connectivity index is 2.00. The van der Waals surface area contributed by atoms with Crippen LogP contribution >= 0.6 is 11.8 Å². The monoisotopic (exact) mass is 330 g/mol. The number of halogens is 3. The van der Waals surface area contributed by atoms with Crippen LogP contribution in [0.4, 0.5) is 18.9 Å². The number of amides is 1. The third kappa shape index (κ3) is 3.64. The maximum absolute atomic E-state index is 13.4. The van der Waals surface area contributed by atoms with E-state index in [1.54, 1.807) is 0 Å². The lowest BCUT2D eigenvalue weighted by molar-refractivity contribution is -0.113. The van der Waals surface area contributed by atoms with Gasteiger partial charge >= 0.3 is 0 Å². The van der Waals surface area contributed by atoms with Crippen molar-refractivity contribution in [1.82, 2.24) is 15.2 Å². The minimum Gasteiger partial charge on any atom is -0.323 e. The van der Waals surface area contributed by atoms with Crippen LogP contribution in [0.2, 0.25) is 0 Å². The molecular weight excluding hydrogens is 321 g/mol. The fourth-order valence-electron chi connectivity index (χ4n) is 1.39. The summed E-state index contributed by atoms with van der Waals surface area (Å²) in [7, 11) is 0. The molecule has 1 aromatic heterocycles. The molecule has 0 aliphatic heterocycles. The molecule has 0 aliphatic carbocycles. The molecular formula is C12H9F3N4O2S. The number of aromatic nitrogens is 3. The van der Waals surface area contributed by atoms with Crippen LogP contribution in [0.15, 0.2) is 22.1 Å². The van der Waals surface area contributed by atoms with Crippen LogP contribution in [-0.4, -0.2) is 26.8 Å². The van der Waals surface area contributed by atoms with Gasteiger partial charge in [-0.05, 0) is 19.1 Å². The Bertz CT molecular complexity index is 781. The Morgan fingerprint density at radius 1 is 1.27 bits per heavy atom. The number of thioether (sulfide) groups is 1. The number of aryl methyl sites for hydroxylation is 1. The smallest absolute Gasteiger partial charge is 0.273 e. The first-order valence-corrected chi connectivity index (χ1v) is 6.87. The summed E-state index contributed by atoms with van der Waals surface area (Å²) >= 11 is 0.852. The molecule has 0 saturated heterocycles. The van der Waals surface area contributed by atoms with Gasteiger partial charge in [0.05, 0.1) is 11.4 Å². The molecule has 116 valence electrons. The highest BCUT2D eigenvalue weighted by molar-refractivity contribution is 7.99. The number of hydrogen-bond donors (Lipinski definition) is 2. The molecule has 0 radical (unpaired) electrons. The maximum atomic E-state index is 13.4. The molecule has 2 aromatic rings.